The van der Waals surface area contributed by atoms with Crippen LogP contribution in [0.2, 0.25) is 0 Å². The molecule has 79 valence electrons. The maximum absolute atomic E-state index is 10.3. The van der Waals surface area contributed by atoms with Crippen molar-refractivity contribution in [2.24, 2.45) is 0 Å². The summed E-state index contributed by atoms with van der Waals surface area (Å²) in [5.41, 5.74) is 1.31. The van der Waals surface area contributed by atoms with Crippen molar-refractivity contribution in [3.05, 3.63) is 35.4 Å². The molecule has 0 amide bonds. The Kier molecular flexibility index (Phi) is 4.54. The van der Waals surface area contributed by atoms with Crippen molar-refractivity contribution in [1.82, 2.24) is 5.32 Å². The quantitative estimate of drug-likeness (QED) is 0.436. The Morgan fingerprint density at radius 3 is 2.60 bits per heavy atom. The average molecular weight is 203 g/mol. The fourth-order valence-electron chi connectivity index (χ4n) is 1.20. The van der Waals surface area contributed by atoms with Crippen molar-refractivity contribution in [2.45, 2.75) is 19.8 Å². The van der Waals surface area contributed by atoms with E-state index in [1.54, 1.807) is 30.6 Å². The third-order valence-electron chi connectivity index (χ3n) is 2.12. The number of carbonyl (C=O) groups excluding carboxylic acids is 1. The molecule has 0 fully saturated rings. The number of hydrogen-bond donors (Lipinski definition) is 2. The third kappa shape index (κ3) is 3.54. The molecule has 0 aromatic heterocycles. The lowest BCUT2D eigenvalue weighted by molar-refractivity contribution is 0.563. The lowest BCUT2D eigenvalue weighted by Crippen LogP contribution is -2.24. The monoisotopic (exact) mass is 203 g/mol. The summed E-state index contributed by atoms with van der Waals surface area (Å²) in [5.74, 6) is 0.404. The second-order valence-corrected chi connectivity index (χ2v) is 3.33. The summed E-state index contributed by atoms with van der Waals surface area (Å²) in [7, 11) is 0. The molecule has 0 heterocycles. The highest BCUT2D eigenvalue weighted by Crippen LogP contribution is 2.02. The van der Waals surface area contributed by atoms with Crippen molar-refractivity contribution in [2.75, 3.05) is 6.54 Å². The van der Waals surface area contributed by atoms with E-state index in [1.165, 1.54) is 0 Å². The van der Waals surface area contributed by atoms with Gasteiger partial charge in [-0.05, 0) is 6.42 Å². The molecule has 1 aromatic rings. The van der Waals surface area contributed by atoms with E-state index < -0.39 is 0 Å². The average Bonchev–Trinajstić information content (AvgIpc) is 2.29. The topological polar surface area (TPSA) is 53.0 Å². The number of hydrogen-bond acceptors (Lipinski definition) is 2. The van der Waals surface area contributed by atoms with E-state index >= 15 is 0 Å². The Morgan fingerprint density at radius 2 is 2.07 bits per heavy atom. The van der Waals surface area contributed by atoms with Crippen molar-refractivity contribution in [3.63, 3.8) is 0 Å². The Labute approximate surface area is 90.0 Å². The van der Waals surface area contributed by atoms with E-state index in [-0.39, 0.29) is 0 Å². The molecule has 0 spiro atoms. The van der Waals surface area contributed by atoms with Gasteiger partial charge < -0.3 is 5.32 Å². The molecular weight excluding hydrogens is 188 g/mol. The zero-order valence-electron chi connectivity index (χ0n) is 8.84. The molecule has 3 heteroatoms. The van der Waals surface area contributed by atoms with Gasteiger partial charge in [-0.1, -0.05) is 37.6 Å². The lowest BCUT2D eigenvalue weighted by Gasteiger charge is -2.06. The minimum atomic E-state index is 0.404. The molecule has 3 nitrogen and oxygen atoms in total. The first-order valence-electron chi connectivity index (χ1n) is 5.09. The predicted octanol–water partition coefficient (Wildman–Crippen LogP) is 1.86. The van der Waals surface area contributed by atoms with Crippen molar-refractivity contribution in [1.29, 1.82) is 5.41 Å². The van der Waals surface area contributed by atoms with Gasteiger partial charge in [-0.15, -0.1) is 0 Å². The van der Waals surface area contributed by atoms with Crippen molar-refractivity contribution in [3.8, 4) is 0 Å². The van der Waals surface area contributed by atoms with E-state index in [2.05, 4.69) is 12.2 Å². The molecule has 0 saturated heterocycles. The summed E-state index contributed by atoms with van der Waals surface area (Å²) in [6.07, 6.45) is 3.97. The van der Waals surface area contributed by atoms with Crippen molar-refractivity contribution < 1.29 is 4.79 Å². The van der Waals surface area contributed by atoms with Gasteiger partial charge in [0.05, 0.1) is 0 Å². The Bertz CT molecular complexity index is 330. The standard InChI is InChI=1S/C12H15N2O/c1-2-3-8-14-12(13)11-6-4-10(9-15)5-7-11/h4-7H,2-3,8H2,1H3,(H2,13,14). The van der Waals surface area contributed by atoms with Crippen LogP contribution in [0.15, 0.2) is 24.3 Å². The number of rotatable bonds is 5. The van der Waals surface area contributed by atoms with Crippen LogP contribution in [0.3, 0.4) is 0 Å². The van der Waals surface area contributed by atoms with Crippen molar-refractivity contribution >= 4 is 12.1 Å². The molecule has 2 N–H and O–H groups in total. The number of benzene rings is 1. The van der Waals surface area contributed by atoms with Gasteiger partial charge >= 0.3 is 0 Å². The first-order valence-corrected chi connectivity index (χ1v) is 5.09. The number of amidine groups is 1. The second-order valence-electron chi connectivity index (χ2n) is 3.33. The Morgan fingerprint density at radius 1 is 1.40 bits per heavy atom. The predicted molar refractivity (Wildman–Crippen MR) is 61.0 cm³/mol. The maximum atomic E-state index is 10.3. The molecule has 0 unspecified atom stereocenters. The normalized spacial score (nSPS) is 9.67. The van der Waals surface area contributed by atoms with Gasteiger partial charge in [-0.3, -0.25) is 10.2 Å². The van der Waals surface area contributed by atoms with Gasteiger partial charge in [0.1, 0.15) is 5.84 Å². The molecular formula is C12H15N2O. The van der Waals surface area contributed by atoms with E-state index in [1.807, 2.05) is 0 Å². The lowest BCUT2D eigenvalue weighted by atomic mass is 10.1. The Hall–Kier alpha value is -1.64. The molecule has 0 bridgehead atoms. The van der Waals surface area contributed by atoms with E-state index in [0.717, 1.165) is 24.9 Å². The highest BCUT2D eigenvalue weighted by Gasteiger charge is 1.99. The fraction of sp³-hybridized carbons (Fsp3) is 0.333. The van der Waals surface area contributed by atoms with Gasteiger partial charge in [0.25, 0.3) is 0 Å². The summed E-state index contributed by atoms with van der Waals surface area (Å²) in [5, 5.41) is 10.7. The van der Waals surface area contributed by atoms with Gasteiger partial charge in [-0.25, -0.2) is 0 Å². The zero-order chi connectivity index (χ0) is 11.1. The van der Waals surface area contributed by atoms with E-state index in [0.29, 0.717) is 11.4 Å². The number of nitrogens with one attached hydrogen (secondary N) is 2. The number of unbranched alkanes of at least 4 members (excludes halogenated alkanes) is 1. The fourth-order valence-corrected chi connectivity index (χ4v) is 1.20. The molecule has 1 aromatic carbocycles. The molecule has 15 heavy (non-hydrogen) atoms. The van der Waals surface area contributed by atoms with E-state index in [9.17, 15) is 4.79 Å². The minimum absolute atomic E-state index is 0.404. The molecule has 0 saturated carbocycles. The van der Waals surface area contributed by atoms with Gasteiger partial charge in [0.15, 0.2) is 0 Å². The van der Waals surface area contributed by atoms with E-state index in [4.69, 9.17) is 5.41 Å². The van der Waals surface area contributed by atoms with Crippen LogP contribution in [0.25, 0.3) is 0 Å². The second kappa shape index (κ2) is 5.96. The molecule has 0 aliphatic carbocycles. The summed E-state index contributed by atoms with van der Waals surface area (Å²) in [6, 6.07) is 6.83. The van der Waals surface area contributed by atoms with Crippen LogP contribution in [0.1, 0.15) is 30.9 Å². The summed E-state index contributed by atoms with van der Waals surface area (Å²) >= 11 is 0. The molecule has 1 rings (SSSR count). The molecule has 0 atom stereocenters. The van der Waals surface area contributed by atoms with Crippen LogP contribution in [-0.2, 0) is 4.79 Å². The van der Waals surface area contributed by atoms with Gasteiger partial charge in [0.2, 0.25) is 6.29 Å². The van der Waals surface area contributed by atoms with Crippen LogP contribution in [0.5, 0.6) is 0 Å². The summed E-state index contributed by atoms with van der Waals surface area (Å²) in [4.78, 5) is 10.3. The Balaban J connectivity index is 2.54. The maximum Gasteiger partial charge on any atom is 0.233 e. The molecule has 0 aliphatic heterocycles. The van der Waals surface area contributed by atoms with Crippen LogP contribution in [0.4, 0.5) is 0 Å². The van der Waals surface area contributed by atoms with Crippen LogP contribution >= 0.6 is 0 Å². The minimum Gasteiger partial charge on any atom is -0.370 e. The van der Waals surface area contributed by atoms with Crippen LogP contribution in [0, 0.1) is 5.41 Å². The largest absolute Gasteiger partial charge is 0.370 e. The smallest absolute Gasteiger partial charge is 0.233 e. The first-order chi connectivity index (χ1) is 7.27. The summed E-state index contributed by atoms with van der Waals surface area (Å²) < 4.78 is 0. The molecule has 0 aliphatic rings. The SMILES string of the molecule is CCCCNC(=N)c1ccc([C]=O)cc1. The highest BCUT2D eigenvalue weighted by molar-refractivity contribution is 5.96. The van der Waals surface area contributed by atoms with Crippen LogP contribution < -0.4 is 5.32 Å². The zero-order valence-corrected chi connectivity index (χ0v) is 8.84. The van der Waals surface area contributed by atoms with Gasteiger partial charge in [0, 0.05) is 17.7 Å². The van der Waals surface area contributed by atoms with Gasteiger partial charge in [-0.2, -0.15) is 0 Å². The molecule has 1 radical (unpaired) electrons. The summed E-state index contributed by atoms with van der Waals surface area (Å²) in [6.45, 7) is 2.93. The highest BCUT2D eigenvalue weighted by atomic mass is 16.1. The van der Waals surface area contributed by atoms with Crippen LogP contribution in [-0.4, -0.2) is 18.7 Å². The first kappa shape index (κ1) is 11.4. The third-order valence-corrected chi connectivity index (χ3v) is 2.12.